The summed E-state index contributed by atoms with van der Waals surface area (Å²) in [5, 5.41) is 9.05. The van der Waals surface area contributed by atoms with E-state index in [1.807, 2.05) is 19.1 Å². The van der Waals surface area contributed by atoms with Crippen LogP contribution in [0.2, 0.25) is 0 Å². The van der Waals surface area contributed by atoms with Crippen LogP contribution in [0.1, 0.15) is 21.9 Å². The van der Waals surface area contributed by atoms with E-state index < -0.39 is 0 Å². The van der Waals surface area contributed by atoms with Gasteiger partial charge in [-0.2, -0.15) is 5.26 Å². The fraction of sp³-hybridized carbons (Fsp3) is 0.0667. The lowest BCUT2D eigenvalue weighted by molar-refractivity contribution is 0.104. The molecule has 0 aliphatic rings. The van der Waals surface area contributed by atoms with Crippen molar-refractivity contribution in [2.45, 2.75) is 6.92 Å². The Balaban J connectivity index is 2.33. The van der Waals surface area contributed by atoms with Crippen LogP contribution in [0.25, 0.3) is 6.08 Å². The zero-order chi connectivity index (χ0) is 13.0. The Morgan fingerprint density at radius 2 is 1.94 bits per heavy atom. The van der Waals surface area contributed by atoms with Crippen LogP contribution < -0.4 is 0 Å². The van der Waals surface area contributed by atoms with Crippen LogP contribution in [-0.2, 0) is 0 Å². The van der Waals surface area contributed by atoms with Gasteiger partial charge in [0.25, 0.3) is 0 Å². The van der Waals surface area contributed by atoms with Crippen LogP contribution in [-0.4, -0.2) is 5.78 Å². The van der Waals surface area contributed by atoms with Crippen LogP contribution >= 0.6 is 0 Å². The highest BCUT2D eigenvalue weighted by molar-refractivity contribution is 6.13. The number of rotatable bonds is 3. The topological polar surface area (TPSA) is 54.0 Å². The molecule has 0 aliphatic heterocycles. The van der Waals surface area contributed by atoms with Gasteiger partial charge in [0.15, 0.2) is 0 Å². The van der Waals surface area contributed by atoms with Crippen molar-refractivity contribution < 1.29 is 9.21 Å². The standard InChI is InChI=1S/C15H11NO2/c1-11-7-8-14(18-11)9-13(10-16)15(17)12-5-3-2-4-6-12/h2-9H,1H3. The third-order valence-electron chi connectivity index (χ3n) is 2.45. The Morgan fingerprint density at radius 3 is 2.50 bits per heavy atom. The van der Waals surface area contributed by atoms with Crippen molar-refractivity contribution in [3.05, 3.63) is 65.1 Å². The quantitative estimate of drug-likeness (QED) is 0.467. The second-order valence-electron chi connectivity index (χ2n) is 3.81. The van der Waals surface area contributed by atoms with Gasteiger partial charge in [-0.05, 0) is 19.1 Å². The van der Waals surface area contributed by atoms with Crippen molar-refractivity contribution in [3.8, 4) is 6.07 Å². The van der Waals surface area contributed by atoms with E-state index in [1.165, 1.54) is 6.08 Å². The number of Topliss-reactive ketones (excluding diaryl/α,β-unsaturated/α-hetero) is 1. The van der Waals surface area contributed by atoms with Gasteiger partial charge in [-0.25, -0.2) is 0 Å². The number of allylic oxidation sites excluding steroid dienone is 1. The molecule has 0 unspecified atom stereocenters. The molecule has 1 aromatic heterocycles. The highest BCUT2D eigenvalue weighted by Crippen LogP contribution is 2.14. The smallest absolute Gasteiger partial charge is 0.203 e. The van der Waals surface area contributed by atoms with Gasteiger partial charge in [0.2, 0.25) is 5.78 Å². The van der Waals surface area contributed by atoms with Gasteiger partial charge in [0.1, 0.15) is 23.2 Å². The van der Waals surface area contributed by atoms with E-state index in [1.54, 1.807) is 36.4 Å². The molecule has 0 atom stereocenters. The number of benzene rings is 1. The second kappa shape index (κ2) is 5.15. The summed E-state index contributed by atoms with van der Waals surface area (Å²) in [5.74, 6) is 0.950. The average Bonchev–Trinajstić information content (AvgIpc) is 2.82. The molecule has 0 radical (unpaired) electrons. The Labute approximate surface area is 105 Å². The number of ketones is 1. The van der Waals surface area contributed by atoms with Crippen molar-refractivity contribution in [2.24, 2.45) is 0 Å². The lowest BCUT2D eigenvalue weighted by atomic mass is 10.0. The molecule has 1 aromatic carbocycles. The molecule has 0 bridgehead atoms. The summed E-state index contributed by atoms with van der Waals surface area (Å²) in [4.78, 5) is 12.1. The highest BCUT2D eigenvalue weighted by Gasteiger charge is 2.12. The molecule has 0 spiro atoms. The van der Waals surface area contributed by atoms with Crippen molar-refractivity contribution in [1.82, 2.24) is 0 Å². The Bertz CT molecular complexity index is 630. The van der Waals surface area contributed by atoms with Gasteiger partial charge >= 0.3 is 0 Å². The molecule has 0 saturated heterocycles. The van der Waals surface area contributed by atoms with Crippen LogP contribution in [0.3, 0.4) is 0 Å². The lowest BCUT2D eigenvalue weighted by Gasteiger charge is -1.97. The molecule has 2 aromatic rings. The Morgan fingerprint density at radius 1 is 1.22 bits per heavy atom. The van der Waals surface area contributed by atoms with Gasteiger partial charge < -0.3 is 4.42 Å². The maximum absolute atomic E-state index is 12.1. The first kappa shape index (κ1) is 11.9. The summed E-state index contributed by atoms with van der Waals surface area (Å²) < 4.78 is 5.32. The van der Waals surface area contributed by atoms with E-state index in [-0.39, 0.29) is 11.4 Å². The largest absolute Gasteiger partial charge is 0.462 e. The molecule has 18 heavy (non-hydrogen) atoms. The van der Waals surface area contributed by atoms with E-state index >= 15 is 0 Å². The third-order valence-corrected chi connectivity index (χ3v) is 2.45. The molecular weight excluding hydrogens is 226 g/mol. The van der Waals surface area contributed by atoms with Gasteiger partial charge in [0, 0.05) is 11.6 Å². The summed E-state index contributed by atoms with van der Waals surface area (Å²) >= 11 is 0. The van der Waals surface area contributed by atoms with E-state index in [4.69, 9.17) is 9.68 Å². The summed E-state index contributed by atoms with van der Waals surface area (Å²) in [6, 6.07) is 14.1. The molecule has 1 heterocycles. The first-order valence-corrected chi connectivity index (χ1v) is 5.48. The minimum atomic E-state index is -0.299. The van der Waals surface area contributed by atoms with E-state index in [9.17, 15) is 4.79 Å². The van der Waals surface area contributed by atoms with E-state index in [0.29, 0.717) is 11.3 Å². The van der Waals surface area contributed by atoms with Crippen molar-refractivity contribution in [2.75, 3.05) is 0 Å². The summed E-state index contributed by atoms with van der Waals surface area (Å²) in [6.07, 6.45) is 1.46. The molecule has 88 valence electrons. The monoisotopic (exact) mass is 237 g/mol. The summed E-state index contributed by atoms with van der Waals surface area (Å²) in [7, 11) is 0. The number of hydrogen-bond acceptors (Lipinski definition) is 3. The van der Waals surface area contributed by atoms with Crippen LogP contribution in [0.15, 0.2) is 52.5 Å². The maximum atomic E-state index is 12.1. The fourth-order valence-electron chi connectivity index (χ4n) is 1.57. The molecular formula is C15H11NO2. The Kier molecular flexibility index (Phi) is 3.40. The van der Waals surface area contributed by atoms with E-state index in [2.05, 4.69) is 0 Å². The van der Waals surface area contributed by atoms with Crippen molar-refractivity contribution in [3.63, 3.8) is 0 Å². The minimum Gasteiger partial charge on any atom is -0.462 e. The predicted octanol–water partition coefficient (Wildman–Crippen LogP) is 3.38. The van der Waals surface area contributed by atoms with Crippen molar-refractivity contribution in [1.29, 1.82) is 5.26 Å². The number of hydrogen-bond donors (Lipinski definition) is 0. The number of carbonyl (C=O) groups is 1. The number of carbonyl (C=O) groups excluding carboxylic acids is 1. The summed E-state index contributed by atoms with van der Waals surface area (Å²) in [5.41, 5.74) is 0.559. The highest BCUT2D eigenvalue weighted by atomic mass is 16.3. The first-order chi connectivity index (χ1) is 8.70. The van der Waals surface area contributed by atoms with Crippen LogP contribution in [0.4, 0.5) is 0 Å². The molecule has 0 N–H and O–H groups in total. The number of aryl methyl sites for hydroxylation is 1. The molecule has 3 heteroatoms. The Hall–Kier alpha value is -2.60. The normalized spacial score (nSPS) is 11.0. The van der Waals surface area contributed by atoms with Gasteiger partial charge in [0.05, 0.1) is 0 Å². The molecule has 0 saturated carbocycles. The van der Waals surface area contributed by atoms with Crippen molar-refractivity contribution >= 4 is 11.9 Å². The van der Waals surface area contributed by atoms with Gasteiger partial charge in [-0.1, -0.05) is 30.3 Å². The third kappa shape index (κ3) is 2.55. The van der Waals surface area contributed by atoms with Gasteiger partial charge in [-0.15, -0.1) is 0 Å². The van der Waals surface area contributed by atoms with Gasteiger partial charge in [-0.3, -0.25) is 4.79 Å². The van der Waals surface area contributed by atoms with Crippen LogP contribution in [0, 0.1) is 18.3 Å². The second-order valence-corrected chi connectivity index (χ2v) is 3.81. The average molecular weight is 237 g/mol. The zero-order valence-corrected chi connectivity index (χ0v) is 9.88. The van der Waals surface area contributed by atoms with E-state index in [0.717, 1.165) is 5.76 Å². The number of nitriles is 1. The molecule has 0 amide bonds. The number of furan rings is 1. The molecule has 0 aliphatic carbocycles. The SMILES string of the molecule is Cc1ccc(C=C(C#N)C(=O)c2ccccc2)o1. The first-order valence-electron chi connectivity index (χ1n) is 5.48. The molecule has 0 fully saturated rings. The summed E-state index contributed by atoms with van der Waals surface area (Å²) in [6.45, 7) is 1.81. The number of nitrogens with zero attached hydrogens (tertiary/aromatic N) is 1. The zero-order valence-electron chi connectivity index (χ0n) is 9.88. The molecule has 2 rings (SSSR count). The maximum Gasteiger partial charge on any atom is 0.203 e. The fourth-order valence-corrected chi connectivity index (χ4v) is 1.57. The molecule has 3 nitrogen and oxygen atoms in total. The van der Waals surface area contributed by atoms with Crippen LogP contribution in [0.5, 0.6) is 0 Å². The minimum absolute atomic E-state index is 0.0653. The predicted molar refractivity (Wildman–Crippen MR) is 67.8 cm³/mol. The lowest BCUT2D eigenvalue weighted by Crippen LogP contribution is -2.01.